The number of hydrogen-bond acceptors (Lipinski definition) is 4. The molecule has 1 atom stereocenters. The number of rotatable bonds is 7. The quantitative estimate of drug-likeness (QED) is 0.438. The van der Waals surface area contributed by atoms with Gasteiger partial charge in [0, 0.05) is 6.21 Å². The monoisotopic (exact) mass is 343 g/mol. The lowest BCUT2D eigenvalue weighted by atomic mass is 9.87. The van der Waals surface area contributed by atoms with Gasteiger partial charge in [0.15, 0.2) is 0 Å². The predicted molar refractivity (Wildman–Crippen MR) is 102 cm³/mol. The summed E-state index contributed by atoms with van der Waals surface area (Å²) < 4.78 is 4.80. The van der Waals surface area contributed by atoms with Crippen molar-refractivity contribution in [3.8, 4) is 0 Å². The molecule has 0 saturated heterocycles. The minimum absolute atomic E-state index is 0.356. The van der Waals surface area contributed by atoms with Crippen LogP contribution in [-0.2, 0) is 4.74 Å². The molecule has 1 aliphatic rings. The van der Waals surface area contributed by atoms with E-state index in [0.29, 0.717) is 17.2 Å². The maximum absolute atomic E-state index is 11.8. The molecule has 1 N–H and O–H groups in total. The Hall–Kier alpha value is -1.94. The van der Waals surface area contributed by atoms with Crippen LogP contribution < -0.4 is 0 Å². The van der Waals surface area contributed by atoms with E-state index in [4.69, 9.17) is 4.74 Å². The smallest absolute Gasteiger partial charge is 0.340 e. The number of ether oxygens (including phenoxy) is 1. The SMILES string of the molecule is COC(=O)c1ccccc1N=CC1CC=C(CCCC(C)(C)O)CC1. The Balaban J connectivity index is 1.89. The van der Waals surface area contributed by atoms with Gasteiger partial charge < -0.3 is 9.84 Å². The van der Waals surface area contributed by atoms with E-state index in [-0.39, 0.29) is 5.97 Å². The van der Waals surface area contributed by atoms with Crippen LogP contribution in [0.5, 0.6) is 0 Å². The lowest BCUT2D eigenvalue weighted by molar-refractivity contribution is 0.0601. The topological polar surface area (TPSA) is 58.9 Å². The Bertz CT molecular complexity index is 641. The summed E-state index contributed by atoms with van der Waals surface area (Å²) in [5.41, 5.74) is 2.08. The Morgan fingerprint density at radius 3 is 2.80 bits per heavy atom. The molecular weight excluding hydrogens is 314 g/mol. The highest BCUT2D eigenvalue weighted by Gasteiger charge is 2.16. The highest BCUT2D eigenvalue weighted by molar-refractivity contribution is 5.95. The van der Waals surface area contributed by atoms with Gasteiger partial charge in [0.25, 0.3) is 0 Å². The summed E-state index contributed by atoms with van der Waals surface area (Å²) >= 11 is 0. The first-order valence-electron chi connectivity index (χ1n) is 9.01. The summed E-state index contributed by atoms with van der Waals surface area (Å²) in [6, 6.07) is 7.26. The molecule has 0 amide bonds. The largest absolute Gasteiger partial charge is 0.465 e. The van der Waals surface area contributed by atoms with Gasteiger partial charge in [0.05, 0.1) is 24.0 Å². The summed E-state index contributed by atoms with van der Waals surface area (Å²) in [7, 11) is 1.38. The second-order valence-corrected chi connectivity index (χ2v) is 7.35. The summed E-state index contributed by atoms with van der Waals surface area (Å²) in [6.45, 7) is 3.72. The van der Waals surface area contributed by atoms with Crippen molar-refractivity contribution in [1.29, 1.82) is 0 Å². The summed E-state index contributed by atoms with van der Waals surface area (Å²) in [4.78, 5) is 16.3. The fourth-order valence-corrected chi connectivity index (χ4v) is 3.07. The molecule has 1 aliphatic carbocycles. The molecule has 0 bridgehead atoms. The van der Waals surface area contributed by atoms with Gasteiger partial charge in [-0.3, -0.25) is 4.99 Å². The van der Waals surface area contributed by atoms with Crippen molar-refractivity contribution in [1.82, 2.24) is 0 Å². The lowest BCUT2D eigenvalue weighted by Gasteiger charge is -2.21. The molecular formula is C21H29NO3. The third-order valence-corrected chi connectivity index (χ3v) is 4.57. The molecule has 0 radical (unpaired) electrons. The molecule has 0 heterocycles. The van der Waals surface area contributed by atoms with Crippen LogP contribution in [0.15, 0.2) is 40.9 Å². The van der Waals surface area contributed by atoms with Crippen molar-refractivity contribution < 1.29 is 14.6 Å². The van der Waals surface area contributed by atoms with E-state index in [1.165, 1.54) is 12.7 Å². The van der Waals surface area contributed by atoms with Gasteiger partial charge in [-0.1, -0.05) is 23.8 Å². The van der Waals surface area contributed by atoms with Crippen LogP contribution in [0.1, 0.15) is 62.7 Å². The standard InChI is InChI=1S/C21H29NO3/c1-21(2,24)14-6-7-16-10-12-17(13-11-16)15-22-19-9-5-4-8-18(19)20(23)25-3/h4-5,8-10,15,17,24H,6-7,11-14H2,1-3H3. The molecule has 136 valence electrons. The van der Waals surface area contributed by atoms with Crippen molar-refractivity contribution in [3.63, 3.8) is 0 Å². The van der Waals surface area contributed by atoms with Crippen molar-refractivity contribution in [2.45, 2.75) is 58.0 Å². The van der Waals surface area contributed by atoms with Crippen LogP contribution in [0.2, 0.25) is 0 Å². The van der Waals surface area contributed by atoms with Crippen LogP contribution in [0.4, 0.5) is 5.69 Å². The van der Waals surface area contributed by atoms with E-state index in [2.05, 4.69) is 11.1 Å². The van der Waals surface area contributed by atoms with Crippen LogP contribution >= 0.6 is 0 Å². The summed E-state index contributed by atoms with van der Waals surface area (Å²) in [5, 5.41) is 9.78. The highest BCUT2D eigenvalue weighted by atomic mass is 16.5. The fraction of sp³-hybridized carbons (Fsp3) is 0.524. The number of aliphatic hydroxyl groups is 1. The second-order valence-electron chi connectivity index (χ2n) is 7.35. The normalized spacial score (nSPS) is 18.2. The molecule has 25 heavy (non-hydrogen) atoms. The second kappa shape index (κ2) is 8.95. The molecule has 4 heteroatoms. The molecule has 0 fully saturated rings. The first-order valence-corrected chi connectivity index (χ1v) is 9.01. The van der Waals surface area contributed by atoms with Gasteiger partial charge in [-0.25, -0.2) is 4.79 Å². The fourth-order valence-electron chi connectivity index (χ4n) is 3.07. The zero-order valence-corrected chi connectivity index (χ0v) is 15.5. The third-order valence-electron chi connectivity index (χ3n) is 4.57. The number of nitrogens with zero attached hydrogens (tertiary/aromatic N) is 1. The summed E-state index contributed by atoms with van der Waals surface area (Å²) in [5.74, 6) is 0.0501. The van der Waals surface area contributed by atoms with Gasteiger partial charge in [-0.15, -0.1) is 0 Å². The Labute approximate surface area is 150 Å². The van der Waals surface area contributed by atoms with Crippen LogP contribution in [0.3, 0.4) is 0 Å². The number of hydrogen-bond donors (Lipinski definition) is 1. The van der Waals surface area contributed by atoms with Crippen LogP contribution in [0.25, 0.3) is 0 Å². The number of carbonyl (C=O) groups is 1. The maximum Gasteiger partial charge on any atom is 0.340 e. The van der Waals surface area contributed by atoms with Crippen molar-refractivity contribution in [3.05, 3.63) is 41.5 Å². The minimum atomic E-state index is -0.572. The number of carbonyl (C=O) groups excluding carboxylic acids is 1. The Morgan fingerprint density at radius 2 is 2.16 bits per heavy atom. The first kappa shape index (κ1) is 19.4. The number of aliphatic imine (C=N–C) groups is 1. The molecule has 0 aromatic heterocycles. The van der Waals surface area contributed by atoms with Crippen molar-refractivity contribution in [2.75, 3.05) is 7.11 Å². The number of esters is 1. The highest BCUT2D eigenvalue weighted by Crippen LogP contribution is 2.28. The molecule has 2 rings (SSSR count). The lowest BCUT2D eigenvalue weighted by Crippen LogP contribution is -2.18. The number of methoxy groups -OCH3 is 1. The Kier molecular flexibility index (Phi) is 6.94. The van der Waals surface area contributed by atoms with E-state index >= 15 is 0 Å². The number of allylic oxidation sites excluding steroid dienone is 2. The van der Waals surface area contributed by atoms with E-state index in [0.717, 1.165) is 38.5 Å². The predicted octanol–water partition coefficient (Wildman–Crippen LogP) is 4.84. The van der Waals surface area contributed by atoms with Gasteiger partial charge in [0.2, 0.25) is 0 Å². The third kappa shape index (κ3) is 6.46. The van der Waals surface area contributed by atoms with E-state index < -0.39 is 5.60 Å². The van der Waals surface area contributed by atoms with Crippen molar-refractivity contribution >= 4 is 17.9 Å². The molecule has 0 saturated carbocycles. The summed E-state index contributed by atoms with van der Waals surface area (Å²) in [6.07, 6.45) is 10.4. The molecule has 1 aromatic rings. The maximum atomic E-state index is 11.8. The first-order chi connectivity index (χ1) is 11.9. The van der Waals surface area contributed by atoms with Crippen LogP contribution in [0, 0.1) is 5.92 Å². The van der Waals surface area contributed by atoms with Gasteiger partial charge >= 0.3 is 5.97 Å². The van der Waals surface area contributed by atoms with Gasteiger partial charge in [-0.2, -0.15) is 0 Å². The molecule has 1 unspecified atom stereocenters. The van der Waals surface area contributed by atoms with Crippen LogP contribution in [-0.4, -0.2) is 30.0 Å². The Morgan fingerprint density at radius 1 is 1.40 bits per heavy atom. The zero-order chi connectivity index (χ0) is 18.3. The average molecular weight is 343 g/mol. The van der Waals surface area contributed by atoms with E-state index in [1.807, 2.05) is 38.3 Å². The molecule has 0 spiro atoms. The number of para-hydroxylation sites is 1. The van der Waals surface area contributed by atoms with Crippen molar-refractivity contribution in [2.24, 2.45) is 10.9 Å². The van der Waals surface area contributed by atoms with Gasteiger partial charge in [-0.05, 0) is 70.4 Å². The molecule has 4 nitrogen and oxygen atoms in total. The molecule has 1 aromatic carbocycles. The number of benzene rings is 1. The molecule has 0 aliphatic heterocycles. The van der Waals surface area contributed by atoms with Gasteiger partial charge in [0.1, 0.15) is 0 Å². The minimum Gasteiger partial charge on any atom is -0.465 e. The zero-order valence-electron chi connectivity index (χ0n) is 15.5. The van der Waals surface area contributed by atoms with E-state index in [9.17, 15) is 9.90 Å². The average Bonchev–Trinajstić information content (AvgIpc) is 2.59. The van der Waals surface area contributed by atoms with E-state index in [1.54, 1.807) is 6.07 Å².